The van der Waals surface area contributed by atoms with Crippen molar-refractivity contribution in [3.05, 3.63) is 46.1 Å². The number of nitrogens with two attached hydrogens (primary N) is 1. The highest BCUT2D eigenvalue weighted by Gasteiger charge is 2.08. The number of nitrogens with one attached hydrogen (secondary N) is 1. The summed E-state index contributed by atoms with van der Waals surface area (Å²) < 4.78 is 10.2. The molecule has 128 valence electrons. The number of benzene rings is 1. The number of rotatable bonds is 7. The standard InChI is InChI=1S/C16H17Cl2N3O3/c1-23-16(22)10-3-4-13(19)14(7-10)20-5-2-6-24-15-12(18)8-11(17)9-21-15/h3-4,7-9,20H,2,5-6,19H2,1H3. The van der Waals surface area contributed by atoms with Gasteiger partial charge in [0.2, 0.25) is 5.88 Å². The fourth-order valence-electron chi connectivity index (χ4n) is 1.93. The van der Waals surface area contributed by atoms with E-state index in [-0.39, 0.29) is 0 Å². The number of halogens is 2. The van der Waals surface area contributed by atoms with Crippen molar-refractivity contribution >= 4 is 40.5 Å². The largest absolute Gasteiger partial charge is 0.477 e. The average molecular weight is 370 g/mol. The molecule has 0 unspecified atom stereocenters. The van der Waals surface area contributed by atoms with E-state index in [1.54, 1.807) is 24.3 Å². The molecule has 2 aromatic rings. The molecule has 0 aliphatic rings. The van der Waals surface area contributed by atoms with E-state index in [2.05, 4.69) is 15.0 Å². The van der Waals surface area contributed by atoms with E-state index in [1.807, 2.05) is 0 Å². The summed E-state index contributed by atoms with van der Waals surface area (Å²) in [7, 11) is 1.33. The zero-order chi connectivity index (χ0) is 17.5. The van der Waals surface area contributed by atoms with Gasteiger partial charge in [0, 0.05) is 12.7 Å². The Labute approximate surface area is 149 Å². The minimum Gasteiger partial charge on any atom is -0.477 e. The van der Waals surface area contributed by atoms with Crippen molar-refractivity contribution in [1.29, 1.82) is 0 Å². The lowest BCUT2D eigenvalue weighted by molar-refractivity contribution is 0.0601. The Morgan fingerprint density at radius 3 is 2.83 bits per heavy atom. The van der Waals surface area contributed by atoms with Gasteiger partial charge in [0.1, 0.15) is 5.02 Å². The third kappa shape index (κ3) is 4.91. The summed E-state index contributed by atoms with van der Waals surface area (Å²) in [6.07, 6.45) is 2.16. The molecule has 0 aliphatic carbocycles. The Morgan fingerprint density at radius 2 is 2.12 bits per heavy atom. The van der Waals surface area contributed by atoms with Crippen LogP contribution in [0, 0.1) is 0 Å². The van der Waals surface area contributed by atoms with Crippen LogP contribution in [-0.2, 0) is 4.74 Å². The summed E-state index contributed by atoms with van der Waals surface area (Å²) >= 11 is 11.7. The summed E-state index contributed by atoms with van der Waals surface area (Å²) in [5, 5.41) is 3.97. The highest BCUT2D eigenvalue weighted by molar-refractivity contribution is 6.35. The van der Waals surface area contributed by atoms with E-state index >= 15 is 0 Å². The van der Waals surface area contributed by atoms with E-state index < -0.39 is 5.97 Å². The predicted octanol–water partition coefficient (Wildman–Crippen LogP) is 3.64. The van der Waals surface area contributed by atoms with Gasteiger partial charge >= 0.3 is 5.97 Å². The SMILES string of the molecule is COC(=O)c1ccc(N)c(NCCCOc2ncc(Cl)cc2Cl)c1. The molecule has 3 N–H and O–H groups in total. The van der Waals surface area contributed by atoms with Crippen LogP contribution >= 0.6 is 23.2 Å². The molecule has 1 aromatic heterocycles. The van der Waals surface area contributed by atoms with Gasteiger partial charge in [0.15, 0.2) is 0 Å². The van der Waals surface area contributed by atoms with Gasteiger partial charge < -0.3 is 20.5 Å². The van der Waals surface area contributed by atoms with E-state index in [9.17, 15) is 4.79 Å². The van der Waals surface area contributed by atoms with Crippen LogP contribution < -0.4 is 15.8 Å². The fraction of sp³-hybridized carbons (Fsp3) is 0.250. The zero-order valence-electron chi connectivity index (χ0n) is 13.0. The zero-order valence-corrected chi connectivity index (χ0v) is 14.5. The molecule has 1 aromatic carbocycles. The molecule has 0 saturated carbocycles. The van der Waals surface area contributed by atoms with Gasteiger partial charge in [-0.25, -0.2) is 9.78 Å². The van der Waals surface area contributed by atoms with E-state index in [0.29, 0.717) is 52.4 Å². The molecule has 0 atom stereocenters. The van der Waals surface area contributed by atoms with Crippen LogP contribution in [0.3, 0.4) is 0 Å². The molecule has 0 bridgehead atoms. The van der Waals surface area contributed by atoms with Crippen molar-refractivity contribution in [3.63, 3.8) is 0 Å². The Morgan fingerprint density at radius 1 is 1.33 bits per heavy atom. The van der Waals surface area contributed by atoms with Crippen molar-refractivity contribution < 1.29 is 14.3 Å². The predicted molar refractivity (Wildman–Crippen MR) is 95.1 cm³/mol. The maximum absolute atomic E-state index is 11.5. The number of aromatic nitrogens is 1. The highest BCUT2D eigenvalue weighted by atomic mass is 35.5. The molecular weight excluding hydrogens is 353 g/mol. The number of carbonyl (C=O) groups is 1. The summed E-state index contributed by atoms with van der Waals surface area (Å²) in [6, 6.07) is 6.49. The maximum Gasteiger partial charge on any atom is 0.337 e. The van der Waals surface area contributed by atoms with Crippen molar-refractivity contribution in [3.8, 4) is 5.88 Å². The van der Waals surface area contributed by atoms with Crippen LogP contribution in [0.4, 0.5) is 11.4 Å². The van der Waals surface area contributed by atoms with Gasteiger partial charge in [-0.1, -0.05) is 23.2 Å². The number of carbonyl (C=O) groups excluding carboxylic acids is 1. The van der Waals surface area contributed by atoms with Crippen molar-refractivity contribution in [2.75, 3.05) is 31.3 Å². The normalized spacial score (nSPS) is 10.3. The third-order valence-electron chi connectivity index (χ3n) is 3.12. The van der Waals surface area contributed by atoms with Crippen LogP contribution in [0.1, 0.15) is 16.8 Å². The lowest BCUT2D eigenvalue weighted by Gasteiger charge is -2.11. The van der Waals surface area contributed by atoms with Crippen LogP contribution in [-0.4, -0.2) is 31.2 Å². The lowest BCUT2D eigenvalue weighted by atomic mass is 10.1. The topological polar surface area (TPSA) is 86.5 Å². The number of anilines is 2. The first kappa shape index (κ1) is 18.2. The Bertz CT molecular complexity index is 726. The van der Waals surface area contributed by atoms with E-state index in [1.165, 1.54) is 13.3 Å². The summed E-state index contributed by atoms with van der Waals surface area (Å²) in [6.45, 7) is 1.01. The lowest BCUT2D eigenvalue weighted by Crippen LogP contribution is -2.10. The Balaban J connectivity index is 1.83. The molecule has 24 heavy (non-hydrogen) atoms. The number of nitrogens with zero attached hydrogens (tertiary/aromatic N) is 1. The second-order valence-electron chi connectivity index (χ2n) is 4.86. The highest BCUT2D eigenvalue weighted by Crippen LogP contribution is 2.24. The molecule has 8 heteroatoms. The van der Waals surface area contributed by atoms with Crippen molar-refractivity contribution in [2.24, 2.45) is 0 Å². The van der Waals surface area contributed by atoms with E-state index in [4.69, 9.17) is 33.7 Å². The molecule has 0 aliphatic heterocycles. The minimum atomic E-state index is -0.412. The Kier molecular flexibility index (Phi) is 6.52. The molecule has 0 saturated heterocycles. The number of ether oxygens (including phenoxy) is 2. The summed E-state index contributed by atoms with van der Waals surface area (Å²) in [5.74, 6) is -0.0712. The second-order valence-corrected chi connectivity index (χ2v) is 5.71. The van der Waals surface area contributed by atoms with Gasteiger partial charge in [-0.2, -0.15) is 0 Å². The summed E-state index contributed by atoms with van der Waals surface area (Å²) in [5.41, 5.74) is 7.53. The fourth-order valence-corrected chi connectivity index (χ4v) is 2.36. The molecule has 0 spiro atoms. The number of methoxy groups -OCH3 is 1. The number of pyridine rings is 1. The first-order valence-electron chi connectivity index (χ1n) is 7.17. The molecule has 6 nitrogen and oxygen atoms in total. The first-order valence-corrected chi connectivity index (χ1v) is 7.92. The number of hydrogen-bond donors (Lipinski definition) is 2. The van der Waals surface area contributed by atoms with Gasteiger partial charge in [-0.3, -0.25) is 0 Å². The molecule has 1 heterocycles. The van der Waals surface area contributed by atoms with Crippen LogP contribution in [0.25, 0.3) is 0 Å². The molecule has 0 fully saturated rings. The molecule has 0 amide bonds. The van der Waals surface area contributed by atoms with Crippen LogP contribution in [0.15, 0.2) is 30.5 Å². The molecular formula is C16H17Cl2N3O3. The van der Waals surface area contributed by atoms with Gasteiger partial charge in [-0.15, -0.1) is 0 Å². The second kappa shape index (κ2) is 8.61. The van der Waals surface area contributed by atoms with Crippen LogP contribution in [0.2, 0.25) is 10.0 Å². The maximum atomic E-state index is 11.5. The van der Waals surface area contributed by atoms with Crippen molar-refractivity contribution in [1.82, 2.24) is 4.98 Å². The number of nitrogen functional groups attached to an aromatic ring is 1. The van der Waals surface area contributed by atoms with Gasteiger partial charge in [0.05, 0.1) is 35.7 Å². The van der Waals surface area contributed by atoms with Gasteiger partial charge in [-0.05, 0) is 30.7 Å². The quantitative estimate of drug-likeness (QED) is 0.440. The monoisotopic (exact) mass is 369 g/mol. The summed E-state index contributed by atoms with van der Waals surface area (Å²) in [4.78, 5) is 15.5. The minimum absolute atomic E-state index is 0.341. The third-order valence-corrected chi connectivity index (χ3v) is 3.60. The first-order chi connectivity index (χ1) is 11.5. The van der Waals surface area contributed by atoms with E-state index in [0.717, 1.165) is 0 Å². The Hall–Kier alpha value is -2.18. The van der Waals surface area contributed by atoms with Crippen molar-refractivity contribution in [2.45, 2.75) is 6.42 Å². The average Bonchev–Trinajstić information content (AvgIpc) is 2.57. The number of esters is 1. The molecule has 0 radical (unpaired) electrons. The smallest absolute Gasteiger partial charge is 0.337 e. The number of hydrogen-bond acceptors (Lipinski definition) is 6. The van der Waals surface area contributed by atoms with Crippen LogP contribution in [0.5, 0.6) is 5.88 Å². The molecule has 2 rings (SSSR count). The van der Waals surface area contributed by atoms with Gasteiger partial charge in [0.25, 0.3) is 0 Å².